The number of nitrogens with zero attached hydrogens (tertiary/aromatic N) is 2. The molecule has 0 bridgehead atoms. The number of rotatable bonds is 6. The van der Waals surface area contributed by atoms with Gasteiger partial charge in [0, 0.05) is 12.3 Å². The zero-order chi connectivity index (χ0) is 22.6. The van der Waals surface area contributed by atoms with Crippen molar-refractivity contribution in [3.8, 4) is 0 Å². The lowest BCUT2D eigenvalue weighted by Crippen LogP contribution is -2.31. The molecule has 0 radical (unpaired) electrons. The Morgan fingerprint density at radius 2 is 1.82 bits per heavy atom. The molecule has 0 aliphatic carbocycles. The minimum atomic E-state index is 0.325. The van der Waals surface area contributed by atoms with E-state index in [2.05, 4.69) is 70.2 Å². The Bertz CT molecular complexity index is 1230. The largest absolute Gasteiger partial charge is 0.361 e. The SMILES string of the molecule is Clc1cc2nc(NCCc3ccc(/N=C4/NC(c5ccccc5)CCS4)cc3)sc2cc1Cl. The van der Waals surface area contributed by atoms with E-state index in [9.17, 15) is 0 Å². The molecule has 1 aliphatic rings. The first kappa shape index (κ1) is 22.5. The summed E-state index contributed by atoms with van der Waals surface area (Å²) in [7, 11) is 0. The maximum atomic E-state index is 6.10. The van der Waals surface area contributed by atoms with E-state index >= 15 is 0 Å². The molecule has 0 amide bonds. The maximum Gasteiger partial charge on any atom is 0.183 e. The Morgan fingerprint density at radius 3 is 2.64 bits per heavy atom. The molecule has 1 fully saturated rings. The monoisotopic (exact) mass is 512 g/mol. The van der Waals surface area contributed by atoms with Gasteiger partial charge in [-0.05, 0) is 48.2 Å². The zero-order valence-corrected chi connectivity index (χ0v) is 20.9. The summed E-state index contributed by atoms with van der Waals surface area (Å²) >= 11 is 15.6. The number of amidine groups is 1. The van der Waals surface area contributed by atoms with Crippen LogP contribution >= 0.6 is 46.3 Å². The van der Waals surface area contributed by atoms with Gasteiger partial charge in [-0.2, -0.15) is 0 Å². The standard InChI is InChI=1S/C25H22Cl2N4S2/c26-19-14-22-23(15-20(19)27)33-24(31-22)28-12-10-16-6-8-18(9-7-16)29-25-30-21(11-13-32-25)17-4-2-1-3-5-17/h1-9,14-15,21H,10-13H2,(H,28,31)(H,29,30). The molecule has 4 nitrogen and oxygen atoms in total. The first-order valence-electron chi connectivity index (χ1n) is 10.8. The number of thiazole rings is 1. The predicted molar refractivity (Wildman–Crippen MR) is 145 cm³/mol. The molecule has 2 N–H and O–H groups in total. The summed E-state index contributed by atoms with van der Waals surface area (Å²) in [4.78, 5) is 9.41. The van der Waals surface area contributed by atoms with Crippen molar-refractivity contribution >= 4 is 72.5 Å². The Hall–Kier alpha value is -2.25. The van der Waals surface area contributed by atoms with Crippen LogP contribution in [0.25, 0.3) is 10.2 Å². The smallest absolute Gasteiger partial charge is 0.183 e. The van der Waals surface area contributed by atoms with E-state index in [1.807, 2.05) is 12.1 Å². The first-order chi connectivity index (χ1) is 16.1. The third-order valence-corrected chi connectivity index (χ3v) is 8.05. The van der Waals surface area contributed by atoms with Crippen LogP contribution in [0, 0.1) is 0 Å². The highest BCUT2D eigenvalue weighted by atomic mass is 35.5. The highest BCUT2D eigenvalue weighted by Crippen LogP contribution is 2.33. The van der Waals surface area contributed by atoms with Gasteiger partial charge >= 0.3 is 0 Å². The lowest BCUT2D eigenvalue weighted by atomic mass is 10.1. The normalized spacial score (nSPS) is 17.3. The van der Waals surface area contributed by atoms with Crippen LogP contribution in [-0.4, -0.2) is 22.4 Å². The molecule has 0 saturated carbocycles. The average molecular weight is 514 g/mol. The molecule has 8 heteroatoms. The maximum absolute atomic E-state index is 6.10. The molecule has 5 rings (SSSR count). The van der Waals surface area contributed by atoms with Crippen molar-refractivity contribution < 1.29 is 0 Å². The lowest BCUT2D eigenvalue weighted by Gasteiger charge is -2.25. The van der Waals surface area contributed by atoms with Gasteiger partial charge in [-0.1, -0.05) is 88.8 Å². The first-order valence-corrected chi connectivity index (χ1v) is 13.3. The number of anilines is 1. The zero-order valence-electron chi connectivity index (χ0n) is 17.7. The Balaban J connectivity index is 1.17. The van der Waals surface area contributed by atoms with E-state index in [0.29, 0.717) is 16.1 Å². The highest BCUT2D eigenvalue weighted by Gasteiger charge is 2.19. The molecule has 3 aromatic carbocycles. The molecular weight excluding hydrogens is 491 g/mol. The van der Waals surface area contributed by atoms with Crippen molar-refractivity contribution in [3.05, 3.63) is 87.9 Å². The van der Waals surface area contributed by atoms with E-state index in [1.165, 1.54) is 11.1 Å². The average Bonchev–Trinajstić information content (AvgIpc) is 3.22. The van der Waals surface area contributed by atoms with Gasteiger partial charge < -0.3 is 10.6 Å². The summed E-state index contributed by atoms with van der Waals surface area (Å²) in [6.07, 6.45) is 2.01. The quantitative estimate of drug-likeness (QED) is 0.277. The number of halogens is 2. The molecular formula is C25H22Cl2N4S2. The summed E-state index contributed by atoms with van der Waals surface area (Å²) in [6.45, 7) is 0.797. The predicted octanol–water partition coefficient (Wildman–Crippen LogP) is 7.71. The Morgan fingerprint density at radius 1 is 1.03 bits per heavy atom. The van der Waals surface area contributed by atoms with E-state index in [0.717, 1.165) is 51.3 Å². The minimum absolute atomic E-state index is 0.325. The van der Waals surface area contributed by atoms with Crippen molar-refractivity contribution in [3.63, 3.8) is 0 Å². The summed E-state index contributed by atoms with van der Waals surface area (Å²) in [5.74, 6) is 1.07. The molecule has 2 heterocycles. The molecule has 1 aliphatic heterocycles. The van der Waals surface area contributed by atoms with Gasteiger partial charge in [-0.25, -0.2) is 9.98 Å². The molecule has 1 aromatic heterocycles. The summed E-state index contributed by atoms with van der Waals surface area (Å²) < 4.78 is 1.03. The van der Waals surface area contributed by atoms with Crippen LogP contribution in [0.15, 0.2) is 71.7 Å². The second-order valence-corrected chi connectivity index (χ2v) is 10.7. The van der Waals surface area contributed by atoms with Crippen LogP contribution in [-0.2, 0) is 6.42 Å². The number of aromatic nitrogens is 1. The summed E-state index contributed by atoms with van der Waals surface area (Å²) in [5.41, 5.74) is 4.40. The van der Waals surface area contributed by atoms with Crippen molar-refractivity contribution in [2.45, 2.75) is 18.9 Å². The fraction of sp³-hybridized carbons (Fsp3) is 0.200. The number of thioether (sulfide) groups is 1. The van der Waals surface area contributed by atoms with Crippen molar-refractivity contribution in [1.29, 1.82) is 0 Å². The fourth-order valence-corrected chi connectivity index (χ4v) is 5.94. The van der Waals surface area contributed by atoms with E-state index in [-0.39, 0.29) is 0 Å². The van der Waals surface area contributed by atoms with E-state index < -0.39 is 0 Å². The summed E-state index contributed by atoms with van der Waals surface area (Å²) in [6, 6.07) is 23.0. The van der Waals surface area contributed by atoms with Crippen molar-refractivity contribution in [2.75, 3.05) is 17.6 Å². The van der Waals surface area contributed by atoms with Gasteiger partial charge in [-0.15, -0.1) is 0 Å². The second kappa shape index (κ2) is 10.3. The van der Waals surface area contributed by atoms with E-state index in [4.69, 9.17) is 28.2 Å². The summed E-state index contributed by atoms with van der Waals surface area (Å²) in [5, 5.41) is 9.93. The number of hydrogen-bond donors (Lipinski definition) is 2. The number of benzene rings is 3. The topological polar surface area (TPSA) is 49.3 Å². The minimum Gasteiger partial charge on any atom is -0.361 e. The van der Waals surface area contributed by atoms with Gasteiger partial charge in [0.25, 0.3) is 0 Å². The van der Waals surface area contributed by atoms with Crippen LogP contribution in [0.4, 0.5) is 10.8 Å². The van der Waals surface area contributed by atoms with Gasteiger partial charge in [0.1, 0.15) is 0 Å². The number of fused-ring (bicyclic) bond motifs is 1. The number of aliphatic imine (C=N–C) groups is 1. The molecule has 1 saturated heterocycles. The van der Waals surface area contributed by atoms with Crippen LogP contribution in [0.5, 0.6) is 0 Å². The number of hydrogen-bond acceptors (Lipinski definition) is 5. The Kier molecular flexibility index (Phi) is 7.07. The molecule has 1 atom stereocenters. The van der Waals surface area contributed by atoms with Gasteiger partial charge in [-0.3, -0.25) is 0 Å². The van der Waals surface area contributed by atoms with Gasteiger partial charge in [0.15, 0.2) is 10.3 Å². The molecule has 4 aromatic rings. The third-order valence-electron chi connectivity index (χ3n) is 5.43. The third kappa shape index (κ3) is 5.64. The second-order valence-electron chi connectivity index (χ2n) is 7.76. The Labute approximate surface area is 211 Å². The van der Waals surface area contributed by atoms with Crippen LogP contribution in [0.1, 0.15) is 23.6 Å². The van der Waals surface area contributed by atoms with Crippen molar-refractivity contribution in [2.24, 2.45) is 4.99 Å². The fourth-order valence-electron chi connectivity index (χ4n) is 3.70. The molecule has 168 valence electrons. The van der Waals surface area contributed by atoms with E-state index in [1.54, 1.807) is 23.1 Å². The lowest BCUT2D eigenvalue weighted by molar-refractivity contribution is 0.628. The van der Waals surface area contributed by atoms with Crippen LogP contribution in [0.3, 0.4) is 0 Å². The van der Waals surface area contributed by atoms with Crippen molar-refractivity contribution in [1.82, 2.24) is 10.3 Å². The van der Waals surface area contributed by atoms with Crippen LogP contribution in [0.2, 0.25) is 10.0 Å². The van der Waals surface area contributed by atoms with Gasteiger partial charge in [0.05, 0.1) is 32.0 Å². The molecule has 1 unspecified atom stereocenters. The number of nitrogens with one attached hydrogen (secondary N) is 2. The van der Waals surface area contributed by atoms with Crippen LogP contribution < -0.4 is 10.6 Å². The van der Waals surface area contributed by atoms with Gasteiger partial charge in [0.2, 0.25) is 0 Å². The molecule has 33 heavy (non-hydrogen) atoms. The highest BCUT2D eigenvalue weighted by molar-refractivity contribution is 8.13. The molecule has 0 spiro atoms.